The van der Waals surface area contributed by atoms with E-state index < -0.39 is 17.0 Å². The molecular formula is C20H27N3O5. The summed E-state index contributed by atoms with van der Waals surface area (Å²) >= 11 is 0. The molecule has 1 atom stereocenters. The monoisotopic (exact) mass is 389 g/mol. The average Bonchev–Trinajstić information content (AvgIpc) is 2.67. The Labute approximate surface area is 164 Å². The molecule has 0 saturated heterocycles. The Bertz CT molecular complexity index is 773. The molecule has 0 aromatic heterocycles. The van der Waals surface area contributed by atoms with Gasteiger partial charge in [0, 0.05) is 26.7 Å². The SMILES string of the molecule is C[C@@H](OC(=O)c1ccc(N(C)C)c([N+](=O)[O-])c1)C(=O)NCCC1=CCCCC1. The Kier molecular flexibility index (Phi) is 7.54. The zero-order valence-corrected chi connectivity index (χ0v) is 16.6. The lowest BCUT2D eigenvalue weighted by atomic mass is 9.97. The fourth-order valence-electron chi connectivity index (χ4n) is 3.08. The van der Waals surface area contributed by atoms with Gasteiger partial charge >= 0.3 is 5.97 Å². The van der Waals surface area contributed by atoms with Crippen LogP contribution in [0.1, 0.15) is 49.4 Å². The van der Waals surface area contributed by atoms with Crippen LogP contribution in [-0.4, -0.2) is 43.5 Å². The predicted molar refractivity (Wildman–Crippen MR) is 106 cm³/mol. The summed E-state index contributed by atoms with van der Waals surface area (Å²) in [6, 6.07) is 4.10. The van der Waals surface area contributed by atoms with Gasteiger partial charge in [0.1, 0.15) is 5.69 Å². The van der Waals surface area contributed by atoms with Crippen LogP contribution < -0.4 is 10.2 Å². The number of anilines is 1. The zero-order valence-electron chi connectivity index (χ0n) is 16.6. The zero-order chi connectivity index (χ0) is 20.7. The number of amides is 1. The highest BCUT2D eigenvalue weighted by molar-refractivity contribution is 5.93. The molecule has 1 aliphatic carbocycles. The Morgan fingerprint density at radius 3 is 2.68 bits per heavy atom. The number of benzene rings is 1. The normalized spacial score (nSPS) is 14.6. The number of nitro groups is 1. The molecule has 0 radical (unpaired) electrons. The summed E-state index contributed by atoms with van der Waals surface area (Å²) in [5, 5.41) is 14.0. The summed E-state index contributed by atoms with van der Waals surface area (Å²) in [6.07, 6.45) is 6.61. The minimum Gasteiger partial charge on any atom is -0.449 e. The second kappa shape index (κ2) is 9.87. The highest BCUT2D eigenvalue weighted by Crippen LogP contribution is 2.28. The van der Waals surface area contributed by atoms with Crippen molar-refractivity contribution < 1.29 is 19.2 Å². The van der Waals surface area contributed by atoms with Crippen LogP contribution in [0.5, 0.6) is 0 Å². The number of hydrogen-bond acceptors (Lipinski definition) is 6. The first-order valence-corrected chi connectivity index (χ1v) is 9.42. The number of ether oxygens (including phenoxy) is 1. The summed E-state index contributed by atoms with van der Waals surface area (Å²) in [4.78, 5) is 36.7. The van der Waals surface area contributed by atoms with Crippen molar-refractivity contribution in [2.24, 2.45) is 0 Å². The number of carbonyl (C=O) groups is 2. The van der Waals surface area contributed by atoms with Crippen molar-refractivity contribution in [2.75, 3.05) is 25.5 Å². The van der Waals surface area contributed by atoms with E-state index in [0.29, 0.717) is 12.2 Å². The van der Waals surface area contributed by atoms with Crippen LogP contribution in [0.25, 0.3) is 0 Å². The Morgan fingerprint density at radius 2 is 2.07 bits per heavy atom. The van der Waals surface area contributed by atoms with Crippen LogP contribution in [0.2, 0.25) is 0 Å². The lowest BCUT2D eigenvalue weighted by Gasteiger charge is -2.16. The molecule has 152 valence electrons. The molecule has 1 aromatic rings. The molecule has 0 spiro atoms. The number of nitro benzene ring substituents is 1. The largest absolute Gasteiger partial charge is 0.449 e. The summed E-state index contributed by atoms with van der Waals surface area (Å²) < 4.78 is 5.17. The van der Waals surface area contributed by atoms with Gasteiger partial charge in [0.2, 0.25) is 0 Å². The number of nitrogens with zero attached hydrogens (tertiary/aromatic N) is 2. The smallest absolute Gasteiger partial charge is 0.339 e. The van der Waals surface area contributed by atoms with Crippen LogP contribution in [0, 0.1) is 10.1 Å². The molecule has 0 saturated carbocycles. The van der Waals surface area contributed by atoms with E-state index in [2.05, 4.69) is 11.4 Å². The maximum Gasteiger partial charge on any atom is 0.339 e. The van der Waals surface area contributed by atoms with Gasteiger partial charge in [0.15, 0.2) is 6.10 Å². The third-order valence-electron chi connectivity index (χ3n) is 4.67. The van der Waals surface area contributed by atoms with Crippen LogP contribution in [-0.2, 0) is 9.53 Å². The van der Waals surface area contributed by atoms with Gasteiger partial charge in [0.25, 0.3) is 11.6 Å². The maximum absolute atomic E-state index is 12.3. The fourth-order valence-corrected chi connectivity index (χ4v) is 3.08. The molecule has 8 nitrogen and oxygen atoms in total. The number of allylic oxidation sites excluding steroid dienone is 1. The van der Waals surface area contributed by atoms with E-state index >= 15 is 0 Å². The molecule has 0 heterocycles. The van der Waals surface area contributed by atoms with Gasteiger partial charge in [-0.3, -0.25) is 14.9 Å². The molecule has 0 fully saturated rings. The first kappa shape index (κ1) is 21.4. The van der Waals surface area contributed by atoms with E-state index in [9.17, 15) is 19.7 Å². The first-order valence-electron chi connectivity index (χ1n) is 9.42. The van der Waals surface area contributed by atoms with Gasteiger partial charge in [-0.2, -0.15) is 0 Å². The second-order valence-electron chi connectivity index (χ2n) is 7.05. The van der Waals surface area contributed by atoms with E-state index in [1.807, 2.05) is 0 Å². The van der Waals surface area contributed by atoms with Crippen LogP contribution in [0.3, 0.4) is 0 Å². The van der Waals surface area contributed by atoms with E-state index in [0.717, 1.165) is 25.3 Å². The summed E-state index contributed by atoms with van der Waals surface area (Å²) in [6.45, 7) is 1.98. The quantitative estimate of drug-likeness (QED) is 0.317. The molecule has 1 N–H and O–H groups in total. The molecule has 1 amide bonds. The van der Waals surface area contributed by atoms with Gasteiger partial charge in [-0.15, -0.1) is 0 Å². The molecule has 28 heavy (non-hydrogen) atoms. The van der Waals surface area contributed by atoms with Crippen molar-refractivity contribution >= 4 is 23.3 Å². The van der Waals surface area contributed by atoms with Crippen molar-refractivity contribution in [3.05, 3.63) is 45.5 Å². The molecule has 2 rings (SSSR count). The second-order valence-corrected chi connectivity index (χ2v) is 7.05. The summed E-state index contributed by atoms with van der Waals surface area (Å²) in [5.41, 5.74) is 1.57. The lowest BCUT2D eigenvalue weighted by Crippen LogP contribution is -2.36. The third-order valence-corrected chi connectivity index (χ3v) is 4.67. The molecule has 0 aliphatic heterocycles. The topological polar surface area (TPSA) is 102 Å². The molecule has 1 aliphatic rings. The van der Waals surface area contributed by atoms with Gasteiger partial charge in [-0.05, 0) is 51.2 Å². The van der Waals surface area contributed by atoms with Crippen LogP contribution in [0.15, 0.2) is 29.8 Å². The Morgan fingerprint density at radius 1 is 1.32 bits per heavy atom. The number of hydrogen-bond donors (Lipinski definition) is 1. The molecule has 0 bridgehead atoms. The highest BCUT2D eigenvalue weighted by Gasteiger charge is 2.23. The highest BCUT2D eigenvalue weighted by atomic mass is 16.6. The first-order chi connectivity index (χ1) is 13.3. The summed E-state index contributed by atoms with van der Waals surface area (Å²) in [7, 11) is 3.35. The summed E-state index contributed by atoms with van der Waals surface area (Å²) in [5.74, 6) is -1.16. The van der Waals surface area contributed by atoms with Gasteiger partial charge in [0.05, 0.1) is 10.5 Å². The minimum absolute atomic E-state index is 0.0318. The number of carbonyl (C=O) groups excluding carboxylic acids is 2. The van der Waals surface area contributed by atoms with Gasteiger partial charge < -0.3 is 15.0 Å². The van der Waals surface area contributed by atoms with Gasteiger partial charge in [-0.1, -0.05) is 11.6 Å². The van der Waals surface area contributed by atoms with Crippen molar-refractivity contribution in [3.8, 4) is 0 Å². The molecule has 0 unspecified atom stereocenters. The van der Waals surface area contributed by atoms with E-state index in [-0.39, 0.29) is 17.2 Å². The van der Waals surface area contributed by atoms with Crippen molar-refractivity contribution in [1.29, 1.82) is 0 Å². The third kappa shape index (κ3) is 5.80. The fraction of sp³-hybridized carbons (Fsp3) is 0.500. The van der Waals surface area contributed by atoms with Crippen molar-refractivity contribution in [1.82, 2.24) is 5.32 Å². The standard InChI is InChI=1S/C20H27N3O5/c1-14(19(24)21-12-11-15-7-5-4-6-8-15)28-20(25)16-9-10-17(22(2)3)18(13-16)23(26)27/h7,9-10,13-14H,4-6,8,11-12H2,1-3H3,(H,21,24)/t14-/m1/s1. The average molecular weight is 389 g/mol. The Hall–Kier alpha value is -2.90. The minimum atomic E-state index is -0.986. The van der Waals surface area contributed by atoms with Gasteiger partial charge in [-0.25, -0.2) is 4.79 Å². The molecule has 8 heteroatoms. The molecular weight excluding hydrogens is 362 g/mol. The Balaban J connectivity index is 1.92. The lowest BCUT2D eigenvalue weighted by molar-refractivity contribution is -0.384. The van der Waals surface area contributed by atoms with Crippen molar-refractivity contribution in [2.45, 2.75) is 45.1 Å². The number of rotatable bonds is 8. The number of esters is 1. The van der Waals surface area contributed by atoms with E-state index in [1.54, 1.807) is 19.0 Å². The van der Waals surface area contributed by atoms with Crippen molar-refractivity contribution in [3.63, 3.8) is 0 Å². The van der Waals surface area contributed by atoms with Crippen LogP contribution in [0.4, 0.5) is 11.4 Å². The number of nitrogens with one attached hydrogen (secondary N) is 1. The molecule has 1 aromatic carbocycles. The van der Waals surface area contributed by atoms with E-state index in [4.69, 9.17) is 4.74 Å². The van der Waals surface area contributed by atoms with Crippen LogP contribution >= 0.6 is 0 Å². The maximum atomic E-state index is 12.3. The predicted octanol–water partition coefficient (Wildman–Crippen LogP) is 3.21. The van der Waals surface area contributed by atoms with E-state index in [1.165, 1.54) is 37.5 Å².